The molecular weight excluding hydrogens is 368 g/mol. The van der Waals surface area contributed by atoms with E-state index in [0.29, 0.717) is 19.5 Å². The minimum atomic E-state index is -0.109. The number of nitrogens with zero attached hydrogens (tertiary/aromatic N) is 6. The van der Waals surface area contributed by atoms with Gasteiger partial charge in [0.05, 0.1) is 24.3 Å². The SMILES string of the molecule is Cc1ccc(CC(=O)N2CCN(C3CCCN(c4cnn(C)c4)C3=O)CC2)cn1. The van der Waals surface area contributed by atoms with E-state index in [1.807, 2.05) is 42.1 Å². The molecule has 2 aromatic heterocycles. The second-order valence-corrected chi connectivity index (χ2v) is 7.92. The highest BCUT2D eigenvalue weighted by atomic mass is 16.2. The number of carbonyl (C=O) groups excluding carboxylic acids is 2. The van der Waals surface area contributed by atoms with Crippen molar-refractivity contribution in [3.05, 3.63) is 42.0 Å². The summed E-state index contributed by atoms with van der Waals surface area (Å²) in [6, 6.07) is 3.79. The number of piperazine rings is 1. The van der Waals surface area contributed by atoms with Crippen molar-refractivity contribution in [2.75, 3.05) is 37.6 Å². The monoisotopic (exact) mass is 396 g/mol. The molecule has 2 aliphatic rings. The molecule has 4 rings (SSSR count). The number of pyridine rings is 1. The molecule has 2 aliphatic heterocycles. The standard InChI is InChI=1S/C21H28N6O2/c1-16-5-6-17(13-22-16)12-20(28)26-10-8-25(9-11-26)19-4-3-7-27(21(19)29)18-14-23-24(2)15-18/h5-6,13-15,19H,3-4,7-12H2,1-2H3. The largest absolute Gasteiger partial charge is 0.340 e. The number of anilines is 1. The van der Waals surface area contributed by atoms with Crippen LogP contribution >= 0.6 is 0 Å². The molecule has 1 atom stereocenters. The van der Waals surface area contributed by atoms with Crippen molar-refractivity contribution in [3.63, 3.8) is 0 Å². The summed E-state index contributed by atoms with van der Waals surface area (Å²) in [5.74, 6) is 0.275. The number of aryl methyl sites for hydroxylation is 2. The predicted octanol–water partition coefficient (Wildman–Crippen LogP) is 1.01. The van der Waals surface area contributed by atoms with Crippen LogP contribution in [0.1, 0.15) is 24.1 Å². The van der Waals surface area contributed by atoms with E-state index < -0.39 is 0 Å². The number of amides is 2. The fraction of sp³-hybridized carbons (Fsp3) is 0.524. The Hall–Kier alpha value is -2.74. The van der Waals surface area contributed by atoms with Crippen LogP contribution in [0.15, 0.2) is 30.7 Å². The Kier molecular flexibility index (Phi) is 5.62. The van der Waals surface area contributed by atoms with Crippen molar-refractivity contribution in [3.8, 4) is 0 Å². The maximum atomic E-state index is 13.1. The van der Waals surface area contributed by atoms with E-state index in [0.717, 1.165) is 49.4 Å². The van der Waals surface area contributed by atoms with Crippen LogP contribution in [0.3, 0.4) is 0 Å². The number of hydrogen-bond acceptors (Lipinski definition) is 5. The molecule has 0 bridgehead atoms. The lowest BCUT2D eigenvalue weighted by Gasteiger charge is -2.42. The summed E-state index contributed by atoms with van der Waals surface area (Å²) in [7, 11) is 1.86. The highest BCUT2D eigenvalue weighted by molar-refractivity contribution is 5.97. The van der Waals surface area contributed by atoms with E-state index in [1.54, 1.807) is 17.1 Å². The quantitative estimate of drug-likeness (QED) is 0.771. The third-order valence-electron chi connectivity index (χ3n) is 5.85. The summed E-state index contributed by atoms with van der Waals surface area (Å²) >= 11 is 0. The van der Waals surface area contributed by atoms with Crippen LogP contribution in [0.2, 0.25) is 0 Å². The summed E-state index contributed by atoms with van der Waals surface area (Å²) in [6.45, 7) is 5.46. The fourth-order valence-corrected chi connectivity index (χ4v) is 4.17. The van der Waals surface area contributed by atoms with E-state index in [-0.39, 0.29) is 17.9 Å². The van der Waals surface area contributed by atoms with Gasteiger partial charge in [0, 0.05) is 57.9 Å². The lowest BCUT2D eigenvalue weighted by Crippen LogP contribution is -2.58. The molecule has 29 heavy (non-hydrogen) atoms. The average Bonchev–Trinajstić information content (AvgIpc) is 3.16. The molecule has 0 aromatic carbocycles. The minimum absolute atomic E-state index is 0.109. The van der Waals surface area contributed by atoms with Gasteiger partial charge < -0.3 is 9.80 Å². The minimum Gasteiger partial charge on any atom is -0.340 e. The zero-order chi connectivity index (χ0) is 20.4. The molecule has 0 N–H and O–H groups in total. The highest BCUT2D eigenvalue weighted by Crippen LogP contribution is 2.24. The van der Waals surface area contributed by atoms with Crippen LogP contribution in [0.4, 0.5) is 5.69 Å². The predicted molar refractivity (Wildman–Crippen MR) is 109 cm³/mol. The smallest absolute Gasteiger partial charge is 0.244 e. The summed E-state index contributed by atoms with van der Waals surface area (Å²) < 4.78 is 1.72. The Morgan fingerprint density at radius 2 is 1.93 bits per heavy atom. The van der Waals surface area contributed by atoms with Crippen LogP contribution in [0.5, 0.6) is 0 Å². The van der Waals surface area contributed by atoms with Crippen LogP contribution < -0.4 is 4.90 Å². The number of rotatable bonds is 4. The molecule has 8 heteroatoms. The van der Waals surface area contributed by atoms with Gasteiger partial charge in [-0.2, -0.15) is 5.10 Å². The van der Waals surface area contributed by atoms with Gasteiger partial charge in [-0.25, -0.2) is 0 Å². The Morgan fingerprint density at radius 1 is 1.14 bits per heavy atom. The van der Waals surface area contributed by atoms with Crippen LogP contribution in [0, 0.1) is 6.92 Å². The molecule has 4 heterocycles. The zero-order valence-electron chi connectivity index (χ0n) is 17.1. The van der Waals surface area contributed by atoms with Crippen molar-refractivity contribution in [2.24, 2.45) is 7.05 Å². The summed E-state index contributed by atoms with van der Waals surface area (Å²) in [4.78, 5) is 36.0. The Bertz CT molecular complexity index is 870. The molecule has 8 nitrogen and oxygen atoms in total. The Morgan fingerprint density at radius 3 is 2.59 bits per heavy atom. The van der Waals surface area contributed by atoms with Crippen molar-refractivity contribution < 1.29 is 9.59 Å². The van der Waals surface area contributed by atoms with E-state index in [4.69, 9.17) is 0 Å². The molecule has 0 saturated carbocycles. The normalized spacial score (nSPS) is 20.9. The van der Waals surface area contributed by atoms with Gasteiger partial charge in [-0.3, -0.25) is 24.2 Å². The second-order valence-electron chi connectivity index (χ2n) is 7.92. The van der Waals surface area contributed by atoms with Gasteiger partial charge in [0.1, 0.15) is 0 Å². The topological polar surface area (TPSA) is 74.6 Å². The summed E-state index contributed by atoms with van der Waals surface area (Å²) in [6.07, 6.45) is 7.64. The van der Waals surface area contributed by atoms with E-state index in [9.17, 15) is 9.59 Å². The van der Waals surface area contributed by atoms with Crippen molar-refractivity contribution in [1.29, 1.82) is 0 Å². The molecule has 1 unspecified atom stereocenters. The van der Waals surface area contributed by atoms with Crippen molar-refractivity contribution in [1.82, 2.24) is 24.6 Å². The number of carbonyl (C=O) groups is 2. The van der Waals surface area contributed by atoms with Gasteiger partial charge >= 0.3 is 0 Å². The number of piperidine rings is 1. The Labute approximate surface area is 171 Å². The summed E-state index contributed by atoms with van der Waals surface area (Å²) in [5, 5.41) is 4.19. The summed E-state index contributed by atoms with van der Waals surface area (Å²) in [5.41, 5.74) is 2.76. The maximum Gasteiger partial charge on any atom is 0.244 e. The third kappa shape index (κ3) is 4.32. The zero-order valence-corrected chi connectivity index (χ0v) is 17.1. The third-order valence-corrected chi connectivity index (χ3v) is 5.85. The lowest BCUT2D eigenvalue weighted by atomic mass is 10.0. The van der Waals surface area contributed by atoms with E-state index in [1.165, 1.54) is 0 Å². The first-order valence-corrected chi connectivity index (χ1v) is 10.2. The van der Waals surface area contributed by atoms with Crippen molar-refractivity contribution in [2.45, 2.75) is 32.2 Å². The highest BCUT2D eigenvalue weighted by Gasteiger charge is 2.36. The molecular formula is C21H28N6O2. The average molecular weight is 396 g/mol. The van der Waals surface area contributed by atoms with Gasteiger partial charge in [-0.05, 0) is 31.4 Å². The van der Waals surface area contributed by atoms with Crippen LogP contribution in [-0.2, 0) is 23.1 Å². The lowest BCUT2D eigenvalue weighted by molar-refractivity contribution is -0.133. The number of hydrogen-bond donors (Lipinski definition) is 0. The van der Waals surface area contributed by atoms with Crippen LogP contribution in [-0.4, -0.2) is 75.1 Å². The van der Waals surface area contributed by atoms with Gasteiger partial charge in [-0.1, -0.05) is 6.07 Å². The van der Waals surface area contributed by atoms with Gasteiger partial charge in [-0.15, -0.1) is 0 Å². The van der Waals surface area contributed by atoms with Crippen molar-refractivity contribution >= 4 is 17.5 Å². The second kappa shape index (κ2) is 8.32. The molecule has 0 radical (unpaired) electrons. The maximum absolute atomic E-state index is 13.1. The fourth-order valence-electron chi connectivity index (χ4n) is 4.17. The first-order valence-electron chi connectivity index (χ1n) is 10.2. The molecule has 0 aliphatic carbocycles. The van der Waals surface area contributed by atoms with E-state index in [2.05, 4.69) is 15.0 Å². The van der Waals surface area contributed by atoms with Gasteiger partial charge in [0.2, 0.25) is 11.8 Å². The molecule has 2 amide bonds. The first kappa shape index (κ1) is 19.6. The molecule has 2 saturated heterocycles. The van der Waals surface area contributed by atoms with Gasteiger partial charge in [0.25, 0.3) is 0 Å². The number of aromatic nitrogens is 3. The molecule has 0 spiro atoms. The molecule has 154 valence electrons. The van der Waals surface area contributed by atoms with Crippen LogP contribution in [0.25, 0.3) is 0 Å². The van der Waals surface area contributed by atoms with E-state index >= 15 is 0 Å². The van der Waals surface area contributed by atoms with Gasteiger partial charge in [0.15, 0.2) is 0 Å². The first-order chi connectivity index (χ1) is 14.0. The molecule has 2 aromatic rings. The Balaban J connectivity index is 1.33. The molecule has 2 fully saturated rings.